The van der Waals surface area contributed by atoms with E-state index >= 15 is 0 Å². The molecule has 0 bridgehead atoms. The summed E-state index contributed by atoms with van der Waals surface area (Å²) in [5.74, 6) is 0. The van der Waals surface area contributed by atoms with E-state index in [1.54, 1.807) is 0 Å². The quantitative estimate of drug-likeness (QED) is 0.170. The average Bonchev–Trinajstić information content (AvgIpc) is 3.56. The molecule has 234 valence electrons. The molecule has 0 saturated heterocycles. The van der Waals surface area contributed by atoms with Crippen molar-refractivity contribution < 1.29 is 0 Å². The minimum absolute atomic E-state index is 0.975. The molecule has 0 aliphatic heterocycles. The topological polar surface area (TPSA) is 3.24 Å². The molecule has 0 aromatic heterocycles. The molecular formula is C49H33N. The fourth-order valence-electron chi connectivity index (χ4n) is 8.14. The van der Waals surface area contributed by atoms with Crippen LogP contribution in [0.25, 0.3) is 65.7 Å². The van der Waals surface area contributed by atoms with E-state index in [1.807, 2.05) is 0 Å². The van der Waals surface area contributed by atoms with Gasteiger partial charge >= 0.3 is 0 Å². The molecule has 0 atom stereocenters. The van der Waals surface area contributed by atoms with Crippen LogP contribution in [0, 0.1) is 0 Å². The summed E-state index contributed by atoms with van der Waals surface area (Å²) in [5, 5.41) is 7.57. The Labute approximate surface area is 292 Å². The van der Waals surface area contributed by atoms with Crippen molar-refractivity contribution in [2.75, 3.05) is 4.90 Å². The molecule has 0 heterocycles. The molecule has 0 N–H and O–H groups in total. The van der Waals surface area contributed by atoms with Crippen LogP contribution in [0.15, 0.2) is 188 Å². The second-order valence-corrected chi connectivity index (χ2v) is 13.3. The summed E-state index contributed by atoms with van der Waals surface area (Å²) in [7, 11) is 0. The summed E-state index contributed by atoms with van der Waals surface area (Å²) in [4.78, 5) is 2.46. The van der Waals surface area contributed by atoms with Crippen LogP contribution in [0.1, 0.15) is 11.1 Å². The van der Waals surface area contributed by atoms with Gasteiger partial charge in [-0.2, -0.15) is 0 Å². The van der Waals surface area contributed by atoms with Gasteiger partial charge in [0, 0.05) is 16.9 Å². The molecule has 0 radical (unpaired) electrons. The highest BCUT2D eigenvalue weighted by Gasteiger charge is 2.23. The number of hydrogen-bond acceptors (Lipinski definition) is 1. The maximum Gasteiger partial charge on any atom is 0.0540 e. The Hall–Kier alpha value is -6.44. The second kappa shape index (κ2) is 11.6. The van der Waals surface area contributed by atoms with Gasteiger partial charge in [-0.05, 0) is 114 Å². The van der Waals surface area contributed by atoms with Gasteiger partial charge < -0.3 is 4.90 Å². The molecule has 9 aromatic rings. The van der Waals surface area contributed by atoms with Crippen LogP contribution in [0.3, 0.4) is 0 Å². The second-order valence-electron chi connectivity index (χ2n) is 13.3. The van der Waals surface area contributed by atoms with Crippen molar-refractivity contribution in [2.45, 2.75) is 6.42 Å². The van der Waals surface area contributed by atoms with E-state index in [4.69, 9.17) is 0 Å². The van der Waals surface area contributed by atoms with E-state index in [0.29, 0.717) is 0 Å². The van der Waals surface area contributed by atoms with Gasteiger partial charge in [0.05, 0.1) is 5.69 Å². The highest BCUT2D eigenvalue weighted by Crippen LogP contribution is 2.47. The Morgan fingerprint density at radius 3 is 1.84 bits per heavy atom. The Balaban J connectivity index is 1.22. The predicted molar refractivity (Wildman–Crippen MR) is 213 cm³/mol. The van der Waals surface area contributed by atoms with Crippen LogP contribution in [0.4, 0.5) is 17.1 Å². The van der Waals surface area contributed by atoms with E-state index in [-0.39, 0.29) is 0 Å². The smallest absolute Gasteiger partial charge is 0.0540 e. The van der Waals surface area contributed by atoms with Crippen LogP contribution in [0.5, 0.6) is 0 Å². The summed E-state index contributed by atoms with van der Waals surface area (Å²) in [6, 6.07) is 69.1. The fourth-order valence-corrected chi connectivity index (χ4v) is 8.14. The van der Waals surface area contributed by atoms with Gasteiger partial charge in [0.15, 0.2) is 0 Å². The van der Waals surface area contributed by atoms with Gasteiger partial charge in [-0.15, -0.1) is 0 Å². The lowest BCUT2D eigenvalue weighted by molar-refractivity contribution is 1.25. The number of rotatable bonds is 5. The van der Waals surface area contributed by atoms with Crippen LogP contribution >= 0.6 is 0 Å². The van der Waals surface area contributed by atoms with Gasteiger partial charge in [0.2, 0.25) is 0 Å². The van der Waals surface area contributed by atoms with E-state index < -0.39 is 0 Å². The van der Waals surface area contributed by atoms with Crippen molar-refractivity contribution in [3.05, 3.63) is 199 Å². The highest BCUT2D eigenvalue weighted by molar-refractivity contribution is 6.14. The van der Waals surface area contributed by atoms with Crippen molar-refractivity contribution in [1.82, 2.24) is 0 Å². The highest BCUT2D eigenvalue weighted by atomic mass is 15.1. The lowest BCUT2D eigenvalue weighted by Gasteiger charge is -2.29. The monoisotopic (exact) mass is 635 g/mol. The van der Waals surface area contributed by atoms with Gasteiger partial charge in [-0.1, -0.05) is 152 Å². The molecule has 9 aromatic carbocycles. The van der Waals surface area contributed by atoms with Crippen LogP contribution in [-0.2, 0) is 6.42 Å². The summed E-state index contributed by atoms with van der Waals surface area (Å²) >= 11 is 0. The molecule has 0 saturated carbocycles. The zero-order valence-corrected chi connectivity index (χ0v) is 27.6. The van der Waals surface area contributed by atoms with Crippen LogP contribution in [0.2, 0.25) is 0 Å². The molecule has 0 amide bonds. The Morgan fingerprint density at radius 1 is 0.320 bits per heavy atom. The van der Waals surface area contributed by atoms with Gasteiger partial charge in [0.1, 0.15) is 0 Å². The molecule has 1 aliphatic rings. The molecule has 0 unspecified atom stereocenters. The number of fused-ring (bicyclic) bond motifs is 7. The molecule has 1 aliphatic carbocycles. The first kappa shape index (κ1) is 28.6. The minimum atomic E-state index is 0.975. The Bertz CT molecular complexity index is 2750. The van der Waals surface area contributed by atoms with Crippen molar-refractivity contribution in [3.8, 4) is 33.4 Å². The number of benzene rings is 9. The lowest BCUT2D eigenvalue weighted by atomic mass is 9.92. The SMILES string of the molecule is c1cc(-c2cc3ccccc3c3ccccc23)cc(N(c2ccc3c(c2)-c2ccccc2C3)c2ccccc2-c2cccc3ccccc23)c1. The van der Waals surface area contributed by atoms with Crippen molar-refractivity contribution in [1.29, 1.82) is 0 Å². The first-order chi connectivity index (χ1) is 24.8. The number of hydrogen-bond donors (Lipinski definition) is 0. The number of anilines is 3. The zero-order valence-electron chi connectivity index (χ0n) is 27.6. The summed E-state index contributed by atoms with van der Waals surface area (Å²) < 4.78 is 0. The third-order valence-corrected chi connectivity index (χ3v) is 10.4. The summed E-state index contributed by atoms with van der Waals surface area (Å²) in [6.45, 7) is 0. The summed E-state index contributed by atoms with van der Waals surface area (Å²) in [5.41, 5.74) is 13.7. The van der Waals surface area contributed by atoms with Crippen molar-refractivity contribution in [2.24, 2.45) is 0 Å². The first-order valence-electron chi connectivity index (χ1n) is 17.4. The van der Waals surface area contributed by atoms with Crippen LogP contribution < -0.4 is 4.90 Å². The third-order valence-electron chi connectivity index (χ3n) is 10.4. The Morgan fingerprint density at radius 2 is 0.940 bits per heavy atom. The summed E-state index contributed by atoms with van der Waals surface area (Å²) in [6.07, 6.45) is 0.975. The molecular weight excluding hydrogens is 603 g/mol. The standard InChI is InChI=1S/C49H33N/c1-4-19-40-33(13-1)16-12-25-44(40)46-24-9-10-26-49(46)50(39-28-27-37-29-34-14-2-6-21-42(34)48(37)32-39)38-18-11-17-35(30-38)47-31-36-15-3-5-20-41(36)43-22-7-8-23-45(43)47/h1-28,30-32H,29H2. The van der Waals surface area contributed by atoms with E-state index in [0.717, 1.165) is 23.5 Å². The lowest BCUT2D eigenvalue weighted by Crippen LogP contribution is -2.11. The number of para-hydroxylation sites is 1. The van der Waals surface area contributed by atoms with Crippen molar-refractivity contribution in [3.63, 3.8) is 0 Å². The van der Waals surface area contributed by atoms with E-state index in [9.17, 15) is 0 Å². The normalized spacial score (nSPS) is 11.9. The largest absolute Gasteiger partial charge is 0.310 e. The van der Waals surface area contributed by atoms with E-state index in [1.165, 1.54) is 76.8 Å². The fraction of sp³-hybridized carbons (Fsp3) is 0.0204. The first-order valence-corrected chi connectivity index (χ1v) is 17.4. The molecule has 0 fully saturated rings. The van der Waals surface area contributed by atoms with Gasteiger partial charge in [0.25, 0.3) is 0 Å². The average molecular weight is 636 g/mol. The van der Waals surface area contributed by atoms with E-state index in [2.05, 4.69) is 193 Å². The van der Waals surface area contributed by atoms with Gasteiger partial charge in [-0.25, -0.2) is 0 Å². The predicted octanol–water partition coefficient (Wildman–Crippen LogP) is 13.5. The third kappa shape index (κ3) is 4.63. The van der Waals surface area contributed by atoms with Crippen molar-refractivity contribution >= 4 is 49.4 Å². The number of nitrogens with zero attached hydrogens (tertiary/aromatic N) is 1. The molecule has 1 heteroatoms. The maximum atomic E-state index is 2.46. The minimum Gasteiger partial charge on any atom is -0.310 e. The maximum absolute atomic E-state index is 2.46. The molecule has 0 spiro atoms. The molecule has 50 heavy (non-hydrogen) atoms. The molecule has 10 rings (SSSR count). The molecule has 1 nitrogen and oxygen atoms in total. The van der Waals surface area contributed by atoms with Crippen LogP contribution in [-0.4, -0.2) is 0 Å². The Kier molecular flexibility index (Phi) is 6.63. The van der Waals surface area contributed by atoms with Gasteiger partial charge in [-0.3, -0.25) is 0 Å². The zero-order chi connectivity index (χ0) is 33.0.